The molecule has 2 atom stereocenters. The van der Waals surface area contributed by atoms with Crippen molar-refractivity contribution in [3.63, 3.8) is 0 Å². The van der Waals surface area contributed by atoms with E-state index in [4.69, 9.17) is 0 Å². The monoisotopic (exact) mass is 194 g/mol. The summed E-state index contributed by atoms with van der Waals surface area (Å²) in [4.78, 5) is 2.55. The summed E-state index contributed by atoms with van der Waals surface area (Å²) in [6, 6.07) is 1.43. The maximum Gasteiger partial charge on any atom is 0.0217 e. The lowest BCUT2D eigenvalue weighted by molar-refractivity contribution is 0.142. The van der Waals surface area contributed by atoms with Gasteiger partial charge in [0.1, 0.15) is 0 Å². The number of hydrogen-bond donors (Lipinski definition) is 1. The Morgan fingerprint density at radius 2 is 2.29 bits per heavy atom. The van der Waals surface area contributed by atoms with Crippen LogP contribution in [0.2, 0.25) is 0 Å². The lowest BCUT2D eigenvalue weighted by atomic mass is 9.98. The van der Waals surface area contributed by atoms with E-state index in [1.165, 1.54) is 19.4 Å². The van der Waals surface area contributed by atoms with Gasteiger partial charge in [0.2, 0.25) is 0 Å². The quantitative estimate of drug-likeness (QED) is 0.685. The van der Waals surface area contributed by atoms with Crippen LogP contribution in [0, 0.1) is 11.8 Å². The van der Waals surface area contributed by atoms with Gasteiger partial charge in [-0.05, 0) is 40.3 Å². The molecule has 80 valence electrons. The summed E-state index contributed by atoms with van der Waals surface area (Å²) in [5, 5.41) is 3.37. The fourth-order valence-corrected chi connectivity index (χ4v) is 2.14. The summed E-state index contributed by atoms with van der Waals surface area (Å²) in [5.74, 6) is 6.09. The maximum absolute atomic E-state index is 3.37. The Morgan fingerprint density at radius 1 is 1.50 bits per heavy atom. The lowest BCUT2D eigenvalue weighted by Crippen LogP contribution is -2.46. The van der Waals surface area contributed by atoms with E-state index in [0.717, 1.165) is 19.0 Å². The molecule has 1 saturated heterocycles. The molecule has 0 spiro atoms. The molecule has 1 heterocycles. The van der Waals surface area contributed by atoms with Crippen molar-refractivity contribution in [1.82, 2.24) is 10.2 Å². The predicted octanol–water partition coefficient (Wildman–Crippen LogP) is 1.47. The molecule has 0 saturated carbocycles. The van der Waals surface area contributed by atoms with Gasteiger partial charge in [-0.1, -0.05) is 0 Å². The number of nitrogens with one attached hydrogen (secondary N) is 1. The summed E-state index contributed by atoms with van der Waals surface area (Å²) in [6.07, 6.45) is 3.57. The third kappa shape index (κ3) is 3.32. The van der Waals surface area contributed by atoms with Crippen LogP contribution >= 0.6 is 0 Å². The van der Waals surface area contributed by atoms with Crippen LogP contribution in [0.15, 0.2) is 0 Å². The van der Waals surface area contributed by atoms with Crippen molar-refractivity contribution in [3.8, 4) is 11.8 Å². The highest BCUT2D eigenvalue weighted by atomic mass is 15.2. The van der Waals surface area contributed by atoms with Crippen LogP contribution in [-0.2, 0) is 0 Å². The normalized spacial score (nSPS) is 28.2. The van der Waals surface area contributed by atoms with Crippen LogP contribution in [0.3, 0.4) is 0 Å². The summed E-state index contributed by atoms with van der Waals surface area (Å²) in [5.41, 5.74) is 0. The number of hydrogen-bond acceptors (Lipinski definition) is 2. The second-order valence-corrected chi connectivity index (χ2v) is 4.07. The summed E-state index contributed by atoms with van der Waals surface area (Å²) >= 11 is 0. The molecular formula is C12H22N2. The molecule has 0 aromatic heterocycles. The fraction of sp³-hybridized carbons (Fsp3) is 0.833. The SMILES string of the molecule is CC#CCCN1CCC(NC)CC1C. The minimum Gasteiger partial charge on any atom is -0.317 e. The van der Waals surface area contributed by atoms with Crippen molar-refractivity contribution >= 4 is 0 Å². The first-order chi connectivity index (χ1) is 6.77. The molecule has 1 aliphatic rings. The molecule has 2 heteroatoms. The van der Waals surface area contributed by atoms with Gasteiger partial charge < -0.3 is 5.32 Å². The topological polar surface area (TPSA) is 15.3 Å². The molecule has 14 heavy (non-hydrogen) atoms. The minimum absolute atomic E-state index is 0.708. The molecule has 1 fully saturated rings. The van der Waals surface area contributed by atoms with Crippen molar-refractivity contribution in [2.24, 2.45) is 0 Å². The lowest BCUT2D eigenvalue weighted by Gasteiger charge is -2.37. The Hall–Kier alpha value is -0.520. The van der Waals surface area contributed by atoms with Crippen LogP contribution in [0.25, 0.3) is 0 Å². The number of nitrogens with zero attached hydrogens (tertiary/aromatic N) is 1. The molecule has 2 nitrogen and oxygen atoms in total. The third-order valence-corrected chi connectivity index (χ3v) is 3.12. The summed E-state index contributed by atoms with van der Waals surface area (Å²) in [7, 11) is 2.07. The fourth-order valence-electron chi connectivity index (χ4n) is 2.14. The average Bonchev–Trinajstić information content (AvgIpc) is 2.20. The van der Waals surface area contributed by atoms with Gasteiger partial charge in [0.15, 0.2) is 0 Å². The van der Waals surface area contributed by atoms with Crippen molar-refractivity contribution in [1.29, 1.82) is 0 Å². The molecular weight excluding hydrogens is 172 g/mol. The summed E-state index contributed by atoms with van der Waals surface area (Å²) in [6.45, 7) is 6.59. The van der Waals surface area contributed by atoms with E-state index in [-0.39, 0.29) is 0 Å². The van der Waals surface area contributed by atoms with Gasteiger partial charge in [0.25, 0.3) is 0 Å². The molecule has 1 N–H and O–H groups in total. The first kappa shape index (κ1) is 11.6. The van der Waals surface area contributed by atoms with E-state index in [1.807, 2.05) is 6.92 Å². The molecule has 0 aromatic carbocycles. The van der Waals surface area contributed by atoms with Crippen LogP contribution in [0.1, 0.15) is 33.1 Å². The molecule has 2 unspecified atom stereocenters. The second kappa shape index (κ2) is 6.06. The standard InChI is InChI=1S/C12H22N2/c1-4-5-6-8-14-9-7-12(13-3)10-11(14)2/h11-13H,6-10H2,1-3H3. The highest BCUT2D eigenvalue weighted by molar-refractivity contribution is 4.96. The predicted molar refractivity (Wildman–Crippen MR) is 61.2 cm³/mol. The van der Waals surface area contributed by atoms with Gasteiger partial charge in [0, 0.05) is 25.0 Å². The molecule has 0 amide bonds. The van der Waals surface area contributed by atoms with Gasteiger partial charge in [0.05, 0.1) is 0 Å². The molecule has 0 aromatic rings. The van der Waals surface area contributed by atoms with Gasteiger partial charge in [-0.25, -0.2) is 0 Å². The zero-order chi connectivity index (χ0) is 10.4. The van der Waals surface area contributed by atoms with Gasteiger partial charge in [-0.3, -0.25) is 4.90 Å². The molecule has 0 bridgehead atoms. The van der Waals surface area contributed by atoms with E-state index in [9.17, 15) is 0 Å². The van der Waals surface area contributed by atoms with Crippen molar-refractivity contribution in [2.45, 2.75) is 45.2 Å². The van der Waals surface area contributed by atoms with Gasteiger partial charge in [-0.15, -0.1) is 11.8 Å². The maximum atomic E-state index is 3.37. The summed E-state index contributed by atoms with van der Waals surface area (Å²) < 4.78 is 0. The Kier molecular flexibility index (Phi) is 5.00. The smallest absolute Gasteiger partial charge is 0.0217 e. The van der Waals surface area contributed by atoms with Crippen molar-refractivity contribution < 1.29 is 0 Å². The van der Waals surface area contributed by atoms with Gasteiger partial charge in [-0.2, -0.15) is 0 Å². The van der Waals surface area contributed by atoms with E-state index in [0.29, 0.717) is 6.04 Å². The second-order valence-electron chi connectivity index (χ2n) is 4.07. The average molecular weight is 194 g/mol. The zero-order valence-electron chi connectivity index (χ0n) is 9.64. The van der Waals surface area contributed by atoms with Crippen LogP contribution in [-0.4, -0.2) is 37.1 Å². The number of rotatable bonds is 3. The molecule has 1 rings (SSSR count). The van der Waals surface area contributed by atoms with Crippen LogP contribution in [0.5, 0.6) is 0 Å². The Balaban J connectivity index is 2.29. The first-order valence-corrected chi connectivity index (χ1v) is 5.58. The van der Waals surface area contributed by atoms with Crippen molar-refractivity contribution in [3.05, 3.63) is 0 Å². The number of likely N-dealkylation sites (tertiary alicyclic amines) is 1. The van der Waals surface area contributed by atoms with E-state index < -0.39 is 0 Å². The first-order valence-electron chi connectivity index (χ1n) is 5.58. The van der Waals surface area contributed by atoms with Crippen molar-refractivity contribution in [2.75, 3.05) is 20.1 Å². The Morgan fingerprint density at radius 3 is 2.86 bits per heavy atom. The largest absolute Gasteiger partial charge is 0.317 e. The van der Waals surface area contributed by atoms with Crippen LogP contribution < -0.4 is 5.32 Å². The van der Waals surface area contributed by atoms with Crippen LogP contribution in [0.4, 0.5) is 0 Å². The molecule has 0 radical (unpaired) electrons. The van der Waals surface area contributed by atoms with E-state index >= 15 is 0 Å². The van der Waals surface area contributed by atoms with E-state index in [2.05, 4.69) is 36.0 Å². The molecule has 1 aliphatic heterocycles. The Labute approximate surface area is 88.1 Å². The minimum atomic E-state index is 0.708. The molecule has 0 aliphatic carbocycles. The highest BCUT2D eigenvalue weighted by Crippen LogP contribution is 2.16. The van der Waals surface area contributed by atoms with E-state index in [1.54, 1.807) is 0 Å². The Bertz CT molecular complexity index is 214. The number of piperidine rings is 1. The highest BCUT2D eigenvalue weighted by Gasteiger charge is 2.23. The van der Waals surface area contributed by atoms with Gasteiger partial charge >= 0.3 is 0 Å². The third-order valence-electron chi connectivity index (χ3n) is 3.12. The zero-order valence-corrected chi connectivity index (χ0v) is 9.64.